The molecule has 78 valence electrons. The number of hydrogen-bond donors (Lipinski definition) is 2. The van der Waals surface area contributed by atoms with Crippen LogP contribution in [-0.2, 0) is 0 Å². The molecule has 1 aliphatic heterocycles. The van der Waals surface area contributed by atoms with E-state index < -0.39 is 0 Å². The molecule has 1 heterocycles. The van der Waals surface area contributed by atoms with Crippen molar-refractivity contribution >= 4 is 0 Å². The Kier molecular flexibility index (Phi) is 4.26. The summed E-state index contributed by atoms with van der Waals surface area (Å²) in [6.45, 7) is 9.90. The maximum Gasteiger partial charge on any atom is 0.0324 e. The quantitative estimate of drug-likeness (QED) is 0.652. The molecule has 0 aromatic heterocycles. The van der Waals surface area contributed by atoms with Gasteiger partial charge in [-0.2, -0.15) is 0 Å². The Labute approximate surface area is 86.0 Å². The van der Waals surface area contributed by atoms with Gasteiger partial charge in [0.15, 0.2) is 0 Å². The normalized spacial score (nSPS) is 18.9. The summed E-state index contributed by atoms with van der Waals surface area (Å²) < 4.78 is 0. The maximum atomic E-state index is 5.49. The van der Waals surface area contributed by atoms with Crippen molar-refractivity contribution in [3.05, 3.63) is 36.2 Å². The molecule has 1 rings (SSSR count). The molecule has 1 saturated heterocycles. The summed E-state index contributed by atoms with van der Waals surface area (Å²) in [6, 6.07) is 0. The van der Waals surface area contributed by atoms with Gasteiger partial charge in [0.2, 0.25) is 0 Å². The smallest absolute Gasteiger partial charge is 0.0324 e. The highest BCUT2D eigenvalue weighted by molar-refractivity contribution is 5.23. The highest BCUT2D eigenvalue weighted by Gasteiger charge is 2.09. The first kappa shape index (κ1) is 10.9. The lowest BCUT2D eigenvalue weighted by Gasteiger charge is -2.30. The molecule has 0 radical (unpaired) electrons. The molecule has 0 bridgehead atoms. The van der Waals surface area contributed by atoms with Crippen LogP contribution in [0.25, 0.3) is 0 Å². The first-order chi connectivity index (χ1) is 6.74. The average Bonchev–Trinajstić information content (AvgIpc) is 2.20. The zero-order chi connectivity index (χ0) is 10.4. The summed E-state index contributed by atoms with van der Waals surface area (Å²) >= 11 is 0. The van der Waals surface area contributed by atoms with E-state index in [1.807, 2.05) is 19.1 Å². The maximum absolute atomic E-state index is 5.49. The molecule has 0 atom stereocenters. The summed E-state index contributed by atoms with van der Waals surface area (Å²) in [5, 5.41) is 3.32. The van der Waals surface area contributed by atoms with E-state index in [-0.39, 0.29) is 0 Å². The molecule has 0 aliphatic carbocycles. The van der Waals surface area contributed by atoms with Crippen LogP contribution in [0.1, 0.15) is 6.92 Å². The van der Waals surface area contributed by atoms with Gasteiger partial charge < -0.3 is 16.0 Å². The second kappa shape index (κ2) is 5.50. The predicted octanol–water partition coefficient (Wildman–Crippen LogP) is 0.824. The van der Waals surface area contributed by atoms with Crippen LogP contribution in [0.15, 0.2) is 36.2 Å². The van der Waals surface area contributed by atoms with Crippen molar-refractivity contribution in [2.75, 3.05) is 26.2 Å². The van der Waals surface area contributed by atoms with Gasteiger partial charge in [0, 0.05) is 37.6 Å². The van der Waals surface area contributed by atoms with Gasteiger partial charge in [0.05, 0.1) is 0 Å². The molecule has 0 saturated carbocycles. The Morgan fingerprint density at radius 3 is 2.50 bits per heavy atom. The van der Waals surface area contributed by atoms with Crippen LogP contribution in [0.5, 0.6) is 0 Å². The molecule has 3 heteroatoms. The Morgan fingerprint density at radius 1 is 1.36 bits per heavy atom. The number of nitrogens with zero attached hydrogens (tertiary/aromatic N) is 1. The average molecular weight is 193 g/mol. The highest BCUT2D eigenvalue weighted by atomic mass is 15.2. The lowest BCUT2D eigenvalue weighted by Crippen LogP contribution is -2.42. The summed E-state index contributed by atoms with van der Waals surface area (Å²) in [4.78, 5) is 2.34. The van der Waals surface area contributed by atoms with E-state index in [9.17, 15) is 0 Å². The van der Waals surface area contributed by atoms with E-state index in [0.717, 1.165) is 26.2 Å². The second-order valence-electron chi connectivity index (χ2n) is 3.36. The van der Waals surface area contributed by atoms with E-state index in [0.29, 0.717) is 5.70 Å². The van der Waals surface area contributed by atoms with Gasteiger partial charge in [-0.3, -0.25) is 0 Å². The minimum absolute atomic E-state index is 0.597. The molecule has 3 nitrogen and oxygen atoms in total. The van der Waals surface area contributed by atoms with E-state index in [1.54, 1.807) is 0 Å². The predicted molar refractivity (Wildman–Crippen MR) is 60.7 cm³/mol. The first-order valence-corrected chi connectivity index (χ1v) is 4.98. The number of nitrogens with two attached hydrogens (primary N) is 1. The minimum Gasteiger partial charge on any atom is -0.399 e. The molecule has 14 heavy (non-hydrogen) atoms. The third kappa shape index (κ3) is 3.26. The van der Waals surface area contributed by atoms with Gasteiger partial charge in [-0.05, 0) is 19.1 Å². The van der Waals surface area contributed by atoms with Crippen molar-refractivity contribution in [3.8, 4) is 0 Å². The zero-order valence-electron chi connectivity index (χ0n) is 8.79. The van der Waals surface area contributed by atoms with Crippen molar-refractivity contribution in [2.24, 2.45) is 5.73 Å². The minimum atomic E-state index is 0.597. The number of allylic oxidation sites excluding steroid dienone is 3. The van der Waals surface area contributed by atoms with E-state index in [4.69, 9.17) is 5.73 Å². The Bertz CT molecular complexity index is 247. The molecule has 0 amide bonds. The van der Waals surface area contributed by atoms with Crippen molar-refractivity contribution in [3.63, 3.8) is 0 Å². The van der Waals surface area contributed by atoms with Crippen LogP contribution in [0.3, 0.4) is 0 Å². The molecule has 1 aliphatic rings. The Hall–Kier alpha value is -1.22. The fourth-order valence-electron chi connectivity index (χ4n) is 1.50. The summed E-state index contributed by atoms with van der Waals surface area (Å²) in [5.74, 6) is 0. The van der Waals surface area contributed by atoms with Crippen molar-refractivity contribution in [2.45, 2.75) is 6.92 Å². The number of hydrogen-bond acceptors (Lipinski definition) is 3. The van der Waals surface area contributed by atoms with Gasteiger partial charge in [0.25, 0.3) is 0 Å². The summed E-state index contributed by atoms with van der Waals surface area (Å²) in [5.41, 5.74) is 7.30. The van der Waals surface area contributed by atoms with Crippen LogP contribution >= 0.6 is 0 Å². The number of rotatable bonds is 3. The second-order valence-corrected chi connectivity index (χ2v) is 3.36. The zero-order valence-corrected chi connectivity index (χ0v) is 8.79. The van der Waals surface area contributed by atoms with Crippen LogP contribution in [0, 0.1) is 0 Å². The fourth-order valence-corrected chi connectivity index (χ4v) is 1.50. The topological polar surface area (TPSA) is 41.3 Å². The largest absolute Gasteiger partial charge is 0.399 e. The van der Waals surface area contributed by atoms with Crippen LogP contribution in [-0.4, -0.2) is 31.1 Å². The molecule has 0 aromatic carbocycles. The molecule has 0 spiro atoms. The third-order valence-electron chi connectivity index (χ3n) is 2.25. The summed E-state index contributed by atoms with van der Waals surface area (Å²) in [7, 11) is 0. The third-order valence-corrected chi connectivity index (χ3v) is 2.25. The molecule has 1 fully saturated rings. The van der Waals surface area contributed by atoms with Gasteiger partial charge in [-0.25, -0.2) is 0 Å². The SMILES string of the molecule is C=C(N)/C=C\C(=C/C)N1CCNCC1. The van der Waals surface area contributed by atoms with Gasteiger partial charge in [0.1, 0.15) is 0 Å². The molecular formula is C11H19N3. The Morgan fingerprint density at radius 2 is 2.00 bits per heavy atom. The molecular weight excluding hydrogens is 174 g/mol. The van der Waals surface area contributed by atoms with Gasteiger partial charge in [-0.1, -0.05) is 12.7 Å². The van der Waals surface area contributed by atoms with Crippen molar-refractivity contribution < 1.29 is 0 Å². The van der Waals surface area contributed by atoms with E-state index in [2.05, 4.69) is 22.9 Å². The van der Waals surface area contributed by atoms with Gasteiger partial charge in [-0.15, -0.1) is 0 Å². The standard InChI is InChI=1S/C11H19N3/c1-3-11(5-4-10(2)12)14-8-6-13-7-9-14/h3-5,13H,2,6-9,12H2,1H3/b5-4-,11-3+. The highest BCUT2D eigenvalue weighted by Crippen LogP contribution is 2.07. The van der Waals surface area contributed by atoms with E-state index >= 15 is 0 Å². The molecule has 3 N–H and O–H groups in total. The lowest BCUT2D eigenvalue weighted by atomic mass is 10.2. The van der Waals surface area contributed by atoms with Crippen LogP contribution in [0.4, 0.5) is 0 Å². The van der Waals surface area contributed by atoms with Gasteiger partial charge >= 0.3 is 0 Å². The van der Waals surface area contributed by atoms with Crippen molar-refractivity contribution in [1.82, 2.24) is 10.2 Å². The Balaban J connectivity index is 2.57. The fraction of sp³-hybridized carbons (Fsp3) is 0.455. The first-order valence-electron chi connectivity index (χ1n) is 4.98. The van der Waals surface area contributed by atoms with E-state index in [1.165, 1.54) is 5.70 Å². The van der Waals surface area contributed by atoms with Crippen LogP contribution in [0.2, 0.25) is 0 Å². The molecule has 0 unspecified atom stereocenters. The summed E-state index contributed by atoms with van der Waals surface area (Å²) in [6.07, 6.45) is 5.97. The van der Waals surface area contributed by atoms with Crippen molar-refractivity contribution in [1.29, 1.82) is 0 Å². The number of piperazine rings is 1. The number of nitrogens with one attached hydrogen (secondary N) is 1. The molecule has 0 aromatic rings. The lowest BCUT2D eigenvalue weighted by molar-refractivity contribution is 0.307. The van der Waals surface area contributed by atoms with Crippen LogP contribution < -0.4 is 11.1 Å². The monoisotopic (exact) mass is 193 g/mol.